The van der Waals surface area contributed by atoms with Crippen molar-refractivity contribution in [2.75, 3.05) is 19.6 Å². The van der Waals surface area contributed by atoms with Crippen molar-refractivity contribution in [2.24, 2.45) is 0 Å². The van der Waals surface area contributed by atoms with Gasteiger partial charge in [0, 0.05) is 25.6 Å². The van der Waals surface area contributed by atoms with Crippen molar-refractivity contribution in [2.45, 2.75) is 38.3 Å². The van der Waals surface area contributed by atoms with Gasteiger partial charge in [0.25, 0.3) is 0 Å². The van der Waals surface area contributed by atoms with Gasteiger partial charge in [-0.25, -0.2) is 4.39 Å². The lowest BCUT2D eigenvalue weighted by molar-refractivity contribution is -0.130. The van der Waals surface area contributed by atoms with Crippen molar-refractivity contribution in [3.63, 3.8) is 0 Å². The van der Waals surface area contributed by atoms with Crippen LogP contribution in [0.2, 0.25) is 0 Å². The number of carbonyl (C=O) groups is 1. The van der Waals surface area contributed by atoms with E-state index in [-0.39, 0.29) is 5.82 Å². The summed E-state index contributed by atoms with van der Waals surface area (Å²) in [5, 5.41) is 0. The summed E-state index contributed by atoms with van der Waals surface area (Å²) >= 11 is 0. The molecule has 5 heteroatoms. The lowest BCUT2D eigenvalue weighted by atomic mass is 10.0. The van der Waals surface area contributed by atoms with E-state index in [4.69, 9.17) is 4.42 Å². The molecule has 0 bridgehead atoms. The monoisotopic (exact) mass is 342 g/mol. The second-order valence-corrected chi connectivity index (χ2v) is 6.97. The van der Waals surface area contributed by atoms with E-state index in [0.717, 1.165) is 44.7 Å². The second-order valence-electron chi connectivity index (χ2n) is 6.97. The quantitative estimate of drug-likeness (QED) is 0.851. The molecule has 0 saturated carbocycles. The Kier molecular flexibility index (Phi) is 4.57. The first-order chi connectivity index (χ1) is 12.2. The van der Waals surface area contributed by atoms with Crippen LogP contribution in [0, 0.1) is 5.82 Å². The number of furan rings is 1. The van der Waals surface area contributed by atoms with E-state index >= 15 is 0 Å². The Morgan fingerprint density at radius 3 is 2.80 bits per heavy atom. The molecule has 4 nitrogen and oxygen atoms in total. The molecule has 0 aliphatic carbocycles. The van der Waals surface area contributed by atoms with Crippen LogP contribution in [-0.2, 0) is 11.3 Å². The number of likely N-dealkylation sites (tertiary alicyclic amines) is 2. The predicted octanol–water partition coefficient (Wildman–Crippen LogP) is 3.67. The van der Waals surface area contributed by atoms with Crippen LogP contribution in [0.25, 0.3) is 11.3 Å². The largest absolute Gasteiger partial charge is 0.460 e. The molecule has 1 aromatic carbocycles. The number of rotatable bonds is 4. The molecule has 2 fully saturated rings. The molecule has 1 amide bonds. The number of hydrogen-bond donors (Lipinski definition) is 0. The van der Waals surface area contributed by atoms with Gasteiger partial charge in [-0.2, -0.15) is 0 Å². The van der Waals surface area contributed by atoms with E-state index in [9.17, 15) is 9.18 Å². The van der Waals surface area contributed by atoms with Gasteiger partial charge in [0.1, 0.15) is 17.3 Å². The molecule has 2 aliphatic rings. The van der Waals surface area contributed by atoms with E-state index in [2.05, 4.69) is 9.80 Å². The molecule has 0 unspecified atom stereocenters. The van der Waals surface area contributed by atoms with Crippen LogP contribution in [0.5, 0.6) is 0 Å². The number of halogens is 1. The molecule has 0 radical (unpaired) electrons. The molecule has 0 N–H and O–H groups in total. The second kappa shape index (κ2) is 7.00. The molecule has 4 rings (SSSR count). The zero-order valence-electron chi connectivity index (χ0n) is 14.3. The van der Waals surface area contributed by atoms with Crippen molar-refractivity contribution in [3.05, 3.63) is 48.0 Å². The third-order valence-corrected chi connectivity index (χ3v) is 5.21. The van der Waals surface area contributed by atoms with Crippen molar-refractivity contribution < 1.29 is 13.6 Å². The first-order valence-corrected chi connectivity index (χ1v) is 9.06. The van der Waals surface area contributed by atoms with Crippen LogP contribution < -0.4 is 0 Å². The van der Waals surface area contributed by atoms with Crippen LogP contribution in [0.15, 0.2) is 40.8 Å². The molecule has 1 atom stereocenters. The predicted molar refractivity (Wildman–Crippen MR) is 93.3 cm³/mol. The molecular formula is C20H23FN2O2. The molecule has 25 heavy (non-hydrogen) atoms. The molecule has 132 valence electrons. The molecule has 2 aliphatic heterocycles. The molecule has 3 heterocycles. The van der Waals surface area contributed by atoms with E-state index < -0.39 is 0 Å². The Bertz CT molecular complexity index is 758. The highest BCUT2D eigenvalue weighted by molar-refractivity contribution is 5.78. The standard InChI is InChI=1S/C20H23FN2O2/c21-18-7-2-1-6-17(18)19-10-9-16(25-19)14-22-11-3-5-15(13-22)23-12-4-8-20(23)24/h1-2,6-7,9-10,15H,3-5,8,11-14H2/t15-/m1/s1. The number of benzene rings is 1. The fourth-order valence-corrected chi connectivity index (χ4v) is 3.97. The molecule has 1 aromatic heterocycles. The van der Waals surface area contributed by atoms with Gasteiger partial charge in [-0.3, -0.25) is 9.69 Å². The highest BCUT2D eigenvalue weighted by Crippen LogP contribution is 2.27. The fraction of sp³-hybridized carbons (Fsp3) is 0.450. The summed E-state index contributed by atoms with van der Waals surface area (Å²) in [5.74, 6) is 1.43. The summed E-state index contributed by atoms with van der Waals surface area (Å²) in [5.41, 5.74) is 0.493. The number of nitrogens with zero attached hydrogens (tertiary/aromatic N) is 2. The molecule has 2 saturated heterocycles. The zero-order chi connectivity index (χ0) is 17.2. The van der Waals surface area contributed by atoms with Gasteiger partial charge >= 0.3 is 0 Å². The van der Waals surface area contributed by atoms with Gasteiger partial charge in [0.15, 0.2) is 0 Å². The minimum Gasteiger partial charge on any atom is -0.460 e. The highest BCUT2D eigenvalue weighted by Gasteiger charge is 2.31. The minimum atomic E-state index is -0.269. The highest BCUT2D eigenvalue weighted by atomic mass is 19.1. The maximum atomic E-state index is 13.9. The van der Waals surface area contributed by atoms with E-state index in [1.807, 2.05) is 18.2 Å². The molecule has 0 spiro atoms. The summed E-state index contributed by atoms with van der Waals surface area (Å²) in [6.07, 6.45) is 3.86. The fourth-order valence-electron chi connectivity index (χ4n) is 3.97. The van der Waals surface area contributed by atoms with Gasteiger partial charge in [-0.15, -0.1) is 0 Å². The summed E-state index contributed by atoms with van der Waals surface area (Å²) < 4.78 is 19.8. The first kappa shape index (κ1) is 16.3. The van der Waals surface area contributed by atoms with Crippen molar-refractivity contribution in [3.8, 4) is 11.3 Å². The summed E-state index contributed by atoms with van der Waals surface area (Å²) in [6.45, 7) is 3.50. The first-order valence-electron chi connectivity index (χ1n) is 9.06. The van der Waals surface area contributed by atoms with Crippen molar-refractivity contribution >= 4 is 5.91 Å². The molecular weight excluding hydrogens is 319 g/mol. The van der Waals surface area contributed by atoms with Crippen LogP contribution in [-0.4, -0.2) is 41.4 Å². The van der Waals surface area contributed by atoms with Gasteiger partial charge in [0.05, 0.1) is 12.1 Å². The topological polar surface area (TPSA) is 36.7 Å². The lowest BCUT2D eigenvalue weighted by Crippen LogP contribution is -2.48. The van der Waals surface area contributed by atoms with Crippen LogP contribution in [0.4, 0.5) is 4.39 Å². The van der Waals surface area contributed by atoms with Gasteiger partial charge in [-0.1, -0.05) is 12.1 Å². The summed E-state index contributed by atoms with van der Waals surface area (Å²) in [4.78, 5) is 16.4. The number of carbonyl (C=O) groups excluding carboxylic acids is 1. The van der Waals surface area contributed by atoms with Crippen molar-refractivity contribution in [1.82, 2.24) is 9.80 Å². The zero-order valence-corrected chi connectivity index (χ0v) is 14.3. The lowest BCUT2D eigenvalue weighted by Gasteiger charge is -2.37. The normalized spacial score (nSPS) is 21.9. The minimum absolute atomic E-state index is 0.269. The van der Waals surface area contributed by atoms with Crippen LogP contribution in [0.1, 0.15) is 31.4 Å². The smallest absolute Gasteiger partial charge is 0.222 e. The van der Waals surface area contributed by atoms with E-state index in [1.165, 1.54) is 6.07 Å². The van der Waals surface area contributed by atoms with E-state index in [0.29, 0.717) is 36.2 Å². The van der Waals surface area contributed by atoms with Gasteiger partial charge < -0.3 is 9.32 Å². The third-order valence-electron chi connectivity index (χ3n) is 5.21. The van der Waals surface area contributed by atoms with Crippen LogP contribution in [0.3, 0.4) is 0 Å². The Morgan fingerprint density at radius 2 is 2.00 bits per heavy atom. The maximum Gasteiger partial charge on any atom is 0.222 e. The Balaban J connectivity index is 1.42. The Labute approximate surface area is 147 Å². The van der Waals surface area contributed by atoms with Crippen molar-refractivity contribution in [1.29, 1.82) is 0 Å². The average molecular weight is 342 g/mol. The number of hydrogen-bond acceptors (Lipinski definition) is 3. The number of amides is 1. The van der Waals surface area contributed by atoms with E-state index in [1.54, 1.807) is 12.1 Å². The Hall–Kier alpha value is -2.14. The van der Waals surface area contributed by atoms with Gasteiger partial charge in [-0.05, 0) is 50.1 Å². The summed E-state index contributed by atoms with van der Waals surface area (Å²) in [6, 6.07) is 10.7. The third kappa shape index (κ3) is 3.47. The molecule has 2 aromatic rings. The SMILES string of the molecule is O=C1CCCN1[C@@H]1CCCN(Cc2ccc(-c3ccccc3F)o2)C1. The maximum absolute atomic E-state index is 13.9. The summed E-state index contributed by atoms with van der Waals surface area (Å²) in [7, 11) is 0. The number of piperidine rings is 1. The van der Waals surface area contributed by atoms with Gasteiger partial charge in [0.2, 0.25) is 5.91 Å². The van der Waals surface area contributed by atoms with Crippen LogP contribution >= 0.6 is 0 Å². The Morgan fingerprint density at radius 1 is 1.12 bits per heavy atom. The average Bonchev–Trinajstić information content (AvgIpc) is 3.25.